The van der Waals surface area contributed by atoms with Crippen LogP contribution < -0.4 is 14.6 Å². The molecular formula is C23H20NO5-. The second kappa shape index (κ2) is 7.47. The summed E-state index contributed by atoms with van der Waals surface area (Å²) in [6.07, 6.45) is 4.18. The molecule has 148 valence electrons. The van der Waals surface area contributed by atoms with Gasteiger partial charge >= 0.3 is 5.97 Å². The summed E-state index contributed by atoms with van der Waals surface area (Å²) in [7, 11) is 2.88. The summed E-state index contributed by atoms with van der Waals surface area (Å²) < 4.78 is 10.4. The summed E-state index contributed by atoms with van der Waals surface area (Å²) in [5.74, 6) is -0.853. The van der Waals surface area contributed by atoms with Gasteiger partial charge in [0.15, 0.2) is 0 Å². The lowest BCUT2D eigenvalue weighted by Crippen LogP contribution is -2.13. The SMILES string of the molecule is COc1cc(/C=C2\CCCc3c2nc2ccccc2c3C(=O)O)cc(OC)c1[O-]. The Morgan fingerprint density at radius 3 is 2.48 bits per heavy atom. The fourth-order valence-corrected chi connectivity index (χ4v) is 3.90. The molecule has 0 unspecified atom stereocenters. The first kappa shape index (κ1) is 18.8. The van der Waals surface area contributed by atoms with E-state index in [2.05, 4.69) is 0 Å². The molecule has 1 heterocycles. The quantitative estimate of drug-likeness (QED) is 0.726. The second-order valence-corrected chi connectivity index (χ2v) is 6.91. The molecular weight excluding hydrogens is 370 g/mol. The number of aromatic nitrogens is 1. The van der Waals surface area contributed by atoms with Gasteiger partial charge in [-0.15, -0.1) is 0 Å². The largest absolute Gasteiger partial charge is 0.867 e. The number of ether oxygens (including phenoxy) is 2. The van der Waals surface area contributed by atoms with Gasteiger partial charge in [-0.3, -0.25) is 0 Å². The van der Waals surface area contributed by atoms with Gasteiger partial charge in [-0.2, -0.15) is 0 Å². The minimum atomic E-state index is -0.944. The molecule has 0 amide bonds. The highest BCUT2D eigenvalue weighted by Crippen LogP contribution is 2.39. The number of methoxy groups -OCH3 is 2. The molecule has 0 fully saturated rings. The first-order chi connectivity index (χ1) is 14.0. The molecule has 1 N–H and O–H groups in total. The van der Waals surface area contributed by atoms with Crippen LogP contribution in [0, 0.1) is 0 Å². The van der Waals surface area contributed by atoms with Crippen molar-refractivity contribution in [1.29, 1.82) is 0 Å². The van der Waals surface area contributed by atoms with Gasteiger partial charge in [0.25, 0.3) is 0 Å². The zero-order valence-corrected chi connectivity index (χ0v) is 16.2. The molecule has 0 bridgehead atoms. The van der Waals surface area contributed by atoms with Gasteiger partial charge in [-0.05, 0) is 66.0 Å². The lowest BCUT2D eigenvalue weighted by molar-refractivity contribution is -0.271. The lowest BCUT2D eigenvalue weighted by atomic mass is 9.86. The van der Waals surface area contributed by atoms with E-state index >= 15 is 0 Å². The Kier molecular flexibility index (Phi) is 4.84. The third-order valence-corrected chi connectivity index (χ3v) is 5.21. The Hall–Kier alpha value is -3.54. The van der Waals surface area contributed by atoms with Crippen LogP contribution in [-0.2, 0) is 6.42 Å². The van der Waals surface area contributed by atoms with Crippen LogP contribution in [0.4, 0.5) is 0 Å². The van der Waals surface area contributed by atoms with E-state index in [9.17, 15) is 15.0 Å². The first-order valence-corrected chi connectivity index (χ1v) is 9.32. The van der Waals surface area contributed by atoms with Crippen LogP contribution >= 0.6 is 0 Å². The van der Waals surface area contributed by atoms with E-state index in [-0.39, 0.29) is 17.2 Å². The molecule has 1 aliphatic rings. The fourth-order valence-electron chi connectivity index (χ4n) is 3.90. The number of nitrogens with zero attached hydrogens (tertiary/aromatic N) is 1. The zero-order valence-electron chi connectivity index (χ0n) is 16.2. The van der Waals surface area contributed by atoms with E-state index < -0.39 is 5.97 Å². The summed E-state index contributed by atoms with van der Waals surface area (Å²) in [6.45, 7) is 0. The third-order valence-electron chi connectivity index (χ3n) is 5.21. The number of carbonyl (C=O) groups is 1. The van der Waals surface area contributed by atoms with Gasteiger partial charge in [0, 0.05) is 5.39 Å². The van der Waals surface area contributed by atoms with Gasteiger partial charge < -0.3 is 19.7 Å². The van der Waals surface area contributed by atoms with E-state index in [0.717, 1.165) is 29.5 Å². The van der Waals surface area contributed by atoms with Crippen molar-refractivity contribution in [3.8, 4) is 17.2 Å². The molecule has 4 rings (SSSR count). The van der Waals surface area contributed by atoms with Crippen molar-refractivity contribution in [3.05, 3.63) is 58.8 Å². The molecule has 3 aromatic rings. The lowest BCUT2D eigenvalue weighted by Gasteiger charge is -2.22. The number of carboxylic acids is 1. The topological polar surface area (TPSA) is 91.7 Å². The van der Waals surface area contributed by atoms with Crippen LogP contribution in [0.15, 0.2) is 36.4 Å². The Balaban J connectivity index is 1.93. The molecule has 0 spiro atoms. The average molecular weight is 390 g/mol. The number of hydrogen-bond acceptors (Lipinski definition) is 5. The highest BCUT2D eigenvalue weighted by atomic mass is 16.5. The van der Waals surface area contributed by atoms with Gasteiger partial charge in [0.2, 0.25) is 0 Å². The number of para-hydroxylation sites is 1. The second-order valence-electron chi connectivity index (χ2n) is 6.91. The summed E-state index contributed by atoms with van der Waals surface area (Å²) in [5.41, 5.74) is 4.11. The van der Waals surface area contributed by atoms with Crippen molar-refractivity contribution in [1.82, 2.24) is 4.98 Å². The maximum atomic E-state index is 12.2. The summed E-state index contributed by atoms with van der Waals surface area (Å²) in [4.78, 5) is 16.8. The van der Waals surface area contributed by atoms with Crippen LogP contribution in [0.2, 0.25) is 0 Å². The minimum absolute atomic E-state index is 0.199. The normalized spacial score (nSPS) is 14.6. The fraction of sp³-hybridized carbons (Fsp3) is 0.217. The summed E-state index contributed by atoms with van der Waals surface area (Å²) in [6, 6.07) is 10.6. The Morgan fingerprint density at radius 2 is 1.83 bits per heavy atom. The summed E-state index contributed by atoms with van der Waals surface area (Å²) >= 11 is 0. The average Bonchev–Trinajstić information content (AvgIpc) is 2.73. The smallest absolute Gasteiger partial charge is 0.336 e. The summed E-state index contributed by atoms with van der Waals surface area (Å²) in [5, 5.41) is 22.7. The minimum Gasteiger partial charge on any atom is -0.867 e. The van der Waals surface area contributed by atoms with E-state index in [1.54, 1.807) is 18.2 Å². The van der Waals surface area contributed by atoms with Crippen LogP contribution in [0.3, 0.4) is 0 Å². The number of allylic oxidation sites excluding steroid dienone is 1. The molecule has 29 heavy (non-hydrogen) atoms. The van der Waals surface area contributed by atoms with Gasteiger partial charge in [-0.25, -0.2) is 9.78 Å². The van der Waals surface area contributed by atoms with E-state index in [1.165, 1.54) is 14.2 Å². The zero-order chi connectivity index (χ0) is 20.5. The number of rotatable bonds is 4. The Morgan fingerprint density at radius 1 is 1.14 bits per heavy atom. The molecule has 0 radical (unpaired) electrons. The Bertz CT molecular complexity index is 1120. The Labute approximate surface area is 168 Å². The van der Waals surface area contributed by atoms with Crippen molar-refractivity contribution in [2.75, 3.05) is 14.2 Å². The van der Waals surface area contributed by atoms with Gasteiger partial charge in [-0.1, -0.05) is 18.2 Å². The van der Waals surface area contributed by atoms with Crippen molar-refractivity contribution in [2.45, 2.75) is 19.3 Å². The third kappa shape index (κ3) is 3.27. The standard InChI is InChI=1S/C23H21NO5/c1-28-18-11-13(12-19(29-2)22(18)25)10-14-6-5-8-16-20(23(26)27)15-7-3-4-9-17(15)24-21(14)16/h3-4,7,9-12,25H,5-6,8H2,1-2H3,(H,26,27)/p-1/b14-10+. The van der Waals surface area contributed by atoms with Gasteiger partial charge in [0.1, 0.15) is 11.5 Å². The van der Waals surface area contributed by atoms with Crippen LogP contribution in [0.25, 0.3) is 22.6 Å². The highest BCUT2D eigenvalue weighted by Gasteiger charge is 2.24. The molecule has 6 nitrogen and oxygen atoms in total. The van der Waals surface area contributed by atoms with Gasteiger partial charge in [0.05, 0.1) is 31.0 Å². The predicted octanol–water partition coefficient (Wildman–Crippen LogP) is 3.90. The molecule has 0 aliphatic heterocycles. The molecule has 6 heteroatoms. The molecule has 1 aromatic heterocycles. The van der Waals surface area contributed by atoms with E-state index in [1.807, 2.05) is 24.3 Å². The maximum Gasteiger partial charge on any atom is 0.336 e. The number of carboxylic acid groups (broad SMARTS) is 1. The maximum absolute atomic E-state index is 12.2. The first-order valence-electron chi connectivity index (χ1n) is 9.32. The highest BCUT2D eigenvalue weighted by molar-refractivity contribution is 6.05. The number of fused-ring (bicyclic) bond motifs is 2. The molecule has 0 saturated heterocycles. The monoisotopic (exact) mass is 390 g/mol. The van der Waals surface area contributed by atoms with Crippen LogP contribution in [0.1, 0.15) is 40.0 Å². The molecule has 2 aromatic carbocycles. The van der Waals surface area contributed by atoms with Crippen molar-refractivity contribution in [3.63, 3.8) is 0 Å². The van der Waals surface area contributed by atoms with Crippen molar-refractivity contribution < 1.29 is 24.5 Å². The van der Waals surface area contributed by atoms with E-state index in [0.29, 0.717) is 28.6 Å². The number of hydrogen-bond donors (Lipinski definition) is 1. The van der Waals surface area contributed by atoms with E-state index in [4.69, 9.17) is 14.5 Å². The molecule has 1 aliphatic carbocycles. The molecule has 0 atom stereocenters. The number of benzene rings is 2. The number of aromatic carboxylic acids is 1. The number of pyridine rings is 1. The van der Waals surface area contributed by atoms with Crippen molar-refractivity contribution in [2.24, 2.45) is 0 Å². The molecule has 0 saturated carbocycles. The van der Waals surface area contributed by atoms with Crippen molar-refractivity contribution >= 4 is 28.5 Å². The predicted molar refractivity (Wildman–Crippen MR) is 109 cm³/mol. The van der Waals surface area contributed by atoms with Crippen LogP contribution in [0.5, 0.6) is 17.2 Å². The van der Waals surface area contributed by atoms with Crippen LogP contribution in [-0.4, -0.2) is 30.3 Å².